The number of epoxide rings is 1. The summed E-state index contributed by atoms with van der Waals surface area (Å²) < 4.78 is 29.7. The van der Waals surface area contributed by atoms with E-state index in [4.69, 9.17) is 41.0 Å². The van der Waals surface area contributed by atoms with Gasteiger partial charge in [0.2, 0.25) is 23.6 Å². The summed E-state index contributed by atoms with van der Waals surface area (Å²) in [7, 11) is 5.75. The Morgan fingerprint density at radius 2 is 1.69 bits per heavy atom. The number of anilines is 1. The number of primary amides is 1. The summed E-state index contributed by atoms with van der Waals surface area (Å²) in [5, 5.41) is 28.8. The summed E-state index contributed by atoms with van der Waals surface area (Å²) in [6.45, 7) is 12.4. The number of amides is 7. The van der Waals surface area contributed by atoms with E-state index in [0.717, 1.165) is 22.1 Å². The molecular weight excluding hydrogens is 1160 g/mol. The van der Waals surface area contributed by atoms with Crippen LogP contribution in [0.2, 0.25) is 5.02 Å². The molecule has 3 saturated heterocycles. The van der Waals surface area contributed by atoms with Gasteiger partial charge < -0.3 is 60.1 Å². The van der Waals surface area contributed by atoms with Crippen molar-refractivity contribution in [2.75, 3.05) is 46.3 Å². The molecule has 482 valence electrons. The third-order valence-electron chi connectivity index (χ3n) is 17.5. The van der Waals surface area contributed by atoms with E-state index in [1.807, 2.05) is 13.0 Å². The number of benzene rings is 2. The van der Waals surface area contributed by atoms with Gasteiger partial charge in [-0.2, -0.15) is 0 Å². The van der Waals surface area contributed by atoms with E-state index >= 15 is 0 Å². The highest BCUT2D eigenvalue weighted by Crippen LogP contribution is 2.50. The molecule has 88 heavy (non-hydrogen) atoms. The number of methoxy groups -OCH3 is 2. The van der Waals surface area contributed by atoms with Gasteiger partial charge in [-0.3, -0.25) is 43.3 Å². The number of phenolic OH excluding ortho intramolecular Hbond substituents is 1. The van der Waals surface area contributed by atoms with E-state index < -0.39 is 120 Å². The van der Waals surface area contributed by atoms with Gasteiger partial charge in [0.05, 0.1) is 37.8 Å². The second kappa shape index (κ2) is 30.3. The maximum absolute atomic E-state index is 14.5. The van der Waals surface area contributed by atoms with Crippen molar-refractivity contribution in [1.82, 2.24) is 20.4 Å². The second-order valence-electron chi connectivity index (χ2n) is 24.5. The lowest BCUT2D eigenvalue weighted by atomic mass is 9.78. The summed E-state index contributed by atoms with van der Waals surface area (Å²) in [4.78, 5) is 137. The van der Waals surface area contributed by atoms with Gasteiger partial charge in [0, 0.05) is 95.3 Å². The molecule has 2 aromatic carbocycles. The zero-order valence-corrected chi connectivity index (χ0v) is 53.1. The number of phenols is 1. The normalized spacial score (nSPS) is 26.0. The number of aliphatic hydroxyl groups is 1. The number of carbonyl (C=O) groups excluding carboxylic acids is 10. The fourth-order valence-electron chi connectivity index (χ4n) is 11.7. The minimum atomic E-state index is -1.68. The summed E-state index contributed by atoms with van der Waals surface area (Å²) >= 11 is 6.85. The first-order valence-electron chi connectivity index (χ1n) is 30.0. The van der Waals surface area contributed by atoms with E-state index in [1.54, 1.807) is 58.9 Å². The van der Waals surface area contributed by atoms with Crippen molar-refractivity contribution in [3.05, 3.63) is 75.8 Å². The Morgan fingerprint density at radius 1 is 0.977 bits per heavy atom. The van der Waals surface area contributed by atoms with Crippen molar-refractivity contribution >= 4 is 76.4 Å². The zero-order valence-electron chi connectivity index (χ0n) is 52.3. The first-order valence-corrected chi connectivity index (χ1v) is 30.4. The maximum atomic E-state index is 14.5. The number of halogens is 1. The number of nitrogens with zero attached hydrogens (tertiary/aromatic N) is 3. The van der Waals surface area contributed by atoms with Crippen LogP contribution in [0.25, 0.3) is 0 Å². The number of fused-ring (bicyclic) bond motifs is 5. The number of allylic oxidation sites excluding steroid dienone is 3. The minimum absolute atomic E-state index is 0.0329. The maximum Gasteiger partial charge on any atom is 0.328 e. The lowest BCUT2D eigenvalue weighted by molar-refractivity contribution is -0.187. The van der Waals surface area contributed by atoms with Crippen molar-refractivity contribution in [1.29, 1.82) is 0 Å². The Bertz CT molecular complexity index is 3040. The standard InChI is InChI=1S/C64H87ClN6O17/c1-35(2)44(31-43(72)18-13-12-14-24-71-54(76)26-37(4)59(71)79)58(78)68-45(19-16-23-67-62(66)82)48(74)29-41-21-22-42(30-47(41)73)60(80)69(8)39(6)61(81)87-52-32-53(75)70(9)46-27-40(28-49(84-10)56(46)65)25-36(3)17-15-20-51(85-11)64(83)33-50(86-55(77)34-64)38(5)57-63(52,7)88-57/h15,17,20-22,27-28,30,35,37-39,44-45,50-52,57,73,83H,12-14,16,18-19,23-26,29,31-34H2,1-11H3,(H,68,78)(H3,66,67,82)/b20-15+,36-17+/t37?,38-,39+,44+,45+,50+,51-,52+,57+,63+,64-/m1/s1. The van der Waals surface area contributed by atoms with Gasteiger partial charge in [-0.05, 0) is 88.6 Å². The monoisotopic (exact) mass is 1250 g/mol. The SMILES string of the molecule is COc1cc2cc(c1Cl)N(C)C(=O)C[C@H](OC(=O)[C@H](C)N(C)C(=O)c1ccc(CC(=O)[C@H](CCCNC(N)=O)NC(=O)[C@@H](CC(=O)CCCCCN3C(=O)CC(C)C3=O)C(C)C)c(O)c1)[C@]1(C)O[C@H]1[C@H](C)[C@@H]1C[C@@](O)(CC(=O)O1)[C@H](OC)/C=C/C=C(\C)C2. The van der Waals surface area contributed by atoms with Gasteiger partial charge >= 0.3 is 18.0 Å². The quantitative estimate of drug-likeness (QED) is 0.0347. The average molecular weight is 1250 g/mol. The topological polar surface area (TPSA) is 320 Å². The van der Waals surface area contributed by atoms with Crippen LogP contribution in [0.1, 0.15) is 141 Å². The minimum Gasteiger partial charge on any atom is -0.508 e. The molecule has 2 aromatic rings. The number of rotatable bonds is 24. The van der Waals surface area contributed by atoms with E-state index in [9.17, 15) is 58.2 Å². The molecule has 6 rings (SSSR count). The van der Waals surface area contributed by atoms with Crippen molar-refractivity contribution in [2.45, 2.75) is 180 Å². The van der Waals surface area contributed by atoms with Crippen LogP contribution in [0, 0.1) is 23.7 Å². The molecule has 0 radical (unpaired) electrons. The molecular formula is C64H87ClN6O17. The van der Waals surface area contributed by atoms with Gasteiger partial charge in [0.25, 0.3) is 5.91 Å². The third kappa shape index (κ3) is 17.3. The molecule has 3 fully saturated rings. The molecule has 1 unspecified atom stereocenters. The molecule has 23 nitrogen and oxygen atoms in total. The van der Waals surface area contributed by atoms with Gasteiger partial charge in [0.15, 0.2) is 5.78 Å². The highest BCUT2D eigenvalue weighted by molar-refractivity contribution is 6.35. The van der Waals surface area contributed by atoms with Crippen molar-refractivity contribution in [3.63, 3.8) is 0 Å². The van der Waals surface area contributed by atoms with Crippen molar-refractivity contribution in [2.24, 2.45) is 29.4 Å². The Labute approximate surface area is 519 Å². The fraction of sp³-hybridized carbons (Fsp3) is 0.594. The largest absolute Gasteiger partial charge is 0.508 e. The molecule has 6 N–H and O–H groups in total. The summed E-state index contributed by atoms with van der Waals surface area (Å²) in [5.74, 6) is -6.66. The number of imide groups is 1. The molecule has 4 bridgehead atoms. The smallest absolute Gasteiger partial charge is 0.328 e. The first kappa shape index (κ1) is 69.9. The van der Waals surface area contributed by atoms with Gasteiger partial charge in [0.1, 0.15) is 57.9 Å². The molecule has 7 amide bonds. The van der Waals surface area contributed by atoms with E-state index in [1.165, 1.54) is 57.2 Å². The van der Waals surface area contributed by atoms with Crippen molar-refractivity contribution < 1.29 is 81.8 Å². The molecule has 11 atom stereocenters. The van der Waals surface area contributed by atoms with Crippen LogP contribution in [0.3, 0.4) is 0 Å². The summed E-state index contributed by atoms with van der Waals surface area (Å²) in [5.41, 5.74) is 4.18. The van der Waals surface area contributed by atoms with E-state index in [2.05, 4.69) is 10.6 Å². The van der Waals surface area contributed by atoms with Crippen molar-refractivity contribution in [3.8, 4) is 11.5 Å². The van der Waals surface area contributed by atoms with Crippen LogP contribution < -0.4 is 26.0 Å². The number of hydrogen-bond donors (Lipinski definition) is 5. The number of Topliss-reactive ketones (excluding diaryl/α,β-unsaturated/α-hetero) is 2. The molecule has 4 aliphatic heterocycles. The van der Waals surface area contributed by atoms with Crippen LogP contribution >= 0.6 is 11.6 Å². The lowest BCUT2D eigenvalue weighted by Crippen LogP contribution is -2.53. The molecule has 4 heterocycles. The molecule has 0 spiro atoms. The Kier molecular flexibility index (Phi) is 24.1. The molecule has 24 heteroatoms. The third-order valence-corrected chi connectivity index (χ3v) is 17.9. The number of likely N-dealkylation sites (N-methyl/N-ethyl adjacent to an activating group) is 1. The molecule has 0 aromatic heterocycles. The van der Waals surface area contributed by atoms with Crippen LogP contribution in [0.15, 0.2) is 54.1 Å². The summed E-state index contributed by atoms with van der Waals surface area (Å²) in [6, 6.07) is 4.15. The van der Waals surface area contributed by atoms with E-state index in [0.29, 0.717) is 37.1 Å². The van der Waals surface area contributed by atoms with Crippen LogP contribution in [-0.4, -0.2) is 168 Å². The fourth-order valence-corrected chi connectivity index (χ4v) is 12.0. The van der Waals surface area contributed by atoms with E-state index in [-0.39, 0.29) is 104 Å². The Morgan fingerprint density at radius 3 is 2.33 bits per heavy atom. The predicted octanol–water partition coefficient (Wildman–Crippen LogP) is 6.02. The van der Waals surface area contributed by atoms with Crippen LogP contribution in [0.4, 0.5) is 10.5 Å². The van der Waals surface area contributed by atoms with Gasteiger partial charge in [-0.15, -0.1) is 0 Å². The summed E-state index contributed by atoms with van der Waals surface area (Å²) in [6.07, 6.45) is 2.70. The number of carbonyl (C=O) groups is 10. The second-order valence-corrected chi connectivity index (χ2v) is 24.9. The predicted molar refractivity (Wildman–Crippen MR) is 324 cm³/mol. The van der Waals surface area contributed by atoms with Gasteiger partial charge in [-0.25, -0.2) is 9.59 Å². The number of nitrogens with two attached hydrogens (primary N) is 1. The van der Waals surface area contributed by atoms with Crippen LogP contribution in [0.5, 0.6) is 11.5 Å². The molecule has 4 aliphatic rings. The highest BCUT2D eigenvalue weighted by atomic mass is 35.5. The zero-order chi connectivity index (χ0) is 65.1. The Hall–Kier alpha value is -7.21. The Balaban J connectivity index is 1.16. The van der Waals surface area contributed by atoms with Gasteiger partial charge in [-0.1, -0.05) is 75.6 Å². The number of likely N-dealkylation sites (tertiary alicyclic amines) is 1. The lowest BCUT2D eigenvalue weighted by Gasteiger charge is -2.41. The number of aromatic hydroxyl groups is 1. The number of hydrogen-bond acceptors (Lipinski definition) is 17. The molecule has 0 saturated carbocycles. The average Bonchev–Trinajstić information content (AvgIpc) is 1.73. The number of ketones is 2. The molecule has 0 aliphatic carbocycles. The number of urea groups is 1. The van der Waals surface area contributed by atoms with Crippen LogP contribution in [-0.2, 0) is 70.1 Å². The number of nitrogens with one attached hydrogen (secondary N) is 2. The highest BCUT2D eigenvalue weighted by Gasteiger charge is 2.64. The first-order chi connectivity index (χ1) is 41.4. The number of unbranched alkanes of at least 4 members (excludes halogenated alkanes) is 2. The number of esters is 2. The number of ether oxygens (including phenoxy) is 5.